The number of halogens is 1. The highest BCUT2D eigenvalue weighted by atomic mass is 79.9. The lowest BCUT2D eigenvalue weighted by molar-refractivity contribution is -0.116. The molecule has 0 heterocycles. The summed E-state index contributed by atoms with van der Waals surface area (Å²) in [4.78, 5) is 12.2. The minimum Gasteiger partial charge on any atom is -0.493 e. The Morgan fingerprint density at radius 3 is 2.75 bits per heavy atom. The van der Waals surface area contributed by atoms with Gasteiger partial charge in [0.1, 0.15) is 16.4 Å². The van der Waals surface area contributed by atoms with E-state index in [9.17, 15) is 4.79 Å². The summed E-state index contributed by atoms with van der Waals surface area (Å²) < 4.78 is 5.56. The van der Waals surface area contributed by atoms with Crippen LogP contribution in [0.15, 0.2) is 23.1 Å². The Balaban J connectivity index is 3.23. The number of carbonyl (C=O) groups excluding carboxylic acids is 1. The van der Waals surface area contributed by atoms with E-state index in [1.165, 1.54) is 0 Å². The van der Waals surface area contributed by atoms with Crippen molar-refractivity contribution < 1.29 is 9.53 Å². The van der Waals surface area contributed by atoms with Crippen LogP contribution in [0.3, 0.4) is 0 Å². The molecule has 1 unspecified atom stereocenters. The van der Waals surface area contributed by atoms with Crippen LogP contribution >= 0.6 is 27.7 Å². The highest BCUT2D eigenvalue weighted by molar-refractivity contribution is 9.09. The number of Topliss-reactive ketones (excluding diaryl/α,β-unsaturated/α-hetero) is 1. The van der Waals surface area contributed by atoms with Crippen LogP contribution in [0.25, 0.3) is 0 Å². The first-order valence-electron chi connectivity index (χ1n) is 5.06. The summed E-state index contributed by atoms with van der Waals surface area (Å²) in [5.41, 5.74) is 0.935. The van der Waals surface area contributed by atoms with Gasteiger partial charge >= 0.3 is 0 Å². The van der Waals surface area contributed by atoms with Crippen molar-refractivity contribution >= 4 is 33.5 Å². The summed E-state index contributed by atoms with van der Waals surface area (Å²) in [6.07, 6.45) is 1.99. The van der Waals surface area contributed by atoms with Gasteiger partial charge in [-0.3, -0.25) is 4.79 Å². The van der Waals surface area contributed by atoms with Crippen molar-refractivity contribution in [1.29, 1.82) is 0 Å². The predicted octanol–water partition coefficient (Wildman–Crippen LogP) is 3.83. The summed E-state index contributed by atoms with van der Waals surface area (Å²) in [7, 11) is 0. The number of carbonyl (C=O) groups is 1. The first kappa shape index (κ1) is 13.6. The van der Waals surface area contributed by atoms with E-state index in [2.05, 4.69) is 15.9 Å². The van der Waals surface area contributed by atoms with Gasteiger partial charge in [-0.1, -0.05) is 22.0 Å². The summed E-state index contributed by atoms with van der Waals surface area (Å²) in [5.74, 6) is 0.869. The minimum absolute atomic E-state index is 0.0856. The van der Waals surface area contributed by atoms with E-state index in [0.29, 0.717) is 6.61 Å². The molecule has 0 N–H and O–H groups in total. The summed E-state index contributed by atoms with van der Waals surface area (Å²) in [6.45, 7) is 4.11. The minimum atomic E-state index is -0.294. The molecule has 0 aliphatic carbocycles. The zero-order valence-corrected chi connectivity index (χ0v) is 12.0. The first-order chi connectivity index (χ1) is 7.61. The molecule has 0 spiro atoms. The van der Waals surface area contributed by atoms with Crippen molar-refractivity contribution in [2.45, 2.75) is 23.6 Å². The van der Waals surface area contributed by atoms with Gasteiger partial charge in [-0.25, -0.2) is 0 Å². The highest BCUT2D eigenvalue weighted by Gasteiger charge is 2.20. The maximum atomic E-state index is 11.5. The molecule has 0 aliphatic rings. The molecule has 1 atom stereocenters. The van der Waals surface area contributed by atoms with Gasteiger partial charge in [0.05, 0.1) is 6.61 Å². The van der Waals surface area contributed by atoms with Crippen LogP contribution in [-0.2, 0) is 4.79 Å². The Bertz CT molecular complexity index is 379. The Kier molecular flexibility index (Phi) is 5.35. The quantitative estimate of drug-likeness (QED) is 0.611. The lowest BCUT2D eigenvalue weighted by Gasteiger charge is -2.16. The van der Waals surface area contributed by atoms with Crippen LogP contribution in [0, 0.1) is 0 Å². The number of hydrogen-bond donors (Lipinski definition) is 0. The van der Waals surface area contributed by atoms with Crippen LogP contribution in [0.5, 0.6) is 5.75 Å². The van der Waals surface area contributed by atoms with Gasteiger partial charge in [0.25, 0.3) is 0 Å². The van der Waals surface area contributed by atoms with Gasteiger partial charge in [-0.05, 0) is 32.2 Å². The smallest absolute Gasteiger partial charge is 0.148 e. The molecule has 0 amide bonds. The van der Waals surface area contributed by atoms with Crippen LogP contribution in [0.2, 0.25) is 0 Å². The number of thioether (sulfide) groups is 1. The SMILES string of the molecule is CCOc1cccc(SC)c1C(Br)C(C)=O. The van der Waals surface area contributed by atoms with Gasteiger partial charge in [0.15, 0.2) is 0 Å². The zero-order valence-electron chi connectivity index (χ0n) is 9.62. The van der Waals surface area contributed by atoms with E-state index in [1.807, 2.05) is 31.4 Å². The first-order valence-corrected chi connectivity index (χ1v) is 7.20. The van der Waals surface area contributed by atoms with Gasteiger partial charge in [-0.15, -0.1) is 11.8 Å². The van der Waals surface area contributed by atoms with Crippen LogP contribution in [0.4, 0.5) is 0 Å². The lowest BCUT2D eigenvalue weighted by Crippen LogP contribution is -2.06. The molecule has 2 nitrogen and oxygen atoms in total. The van der Waals surface area contributed by atoms with Crippen molar-refractivity contribution in [3.05, 3.63) is 23.8 Å². The largest absolute Gasteiger partial charge is 0.493 e. The molecular formula is C12H15BrO2S. The Morgan fingerprint density at radius 2 is 2.25 bits per heavy atom. The van der Waals surface area contributed by atoms with Crippen molar-refractivity contribution in [1.82, 2.24) is 0 Å². The molecule has 16 heavy (non-hydrogen) atoms. The molecule has 0 aromatic heterocycles. The average molecular weight is 303 g/mol. The predicted molar refractivity (Wildman–Crippen MR) is 71.7 cm³/mol. The number of ketones is 1. The molecule has 1 aromatic rings. The van der Waals surface area contributed by atoms with Gasteiger partial charge < -0.3 is 4.74 Å². The third-order valence-corrected chi connectivity index (χ3v) is 4.05. The van der Waals surface area contributed by atoms with Crippen molar-refractivity contribution in [3.8, 4) is 5.75 Å². The number of alkyl halides is 1. The topological polar surface area (TPSA) is 26.3 Å². The van der Waals surface area contributed by atoms with E-state index < -0.39 is 0 Å². The van der Waals surface area contributed by atoms with E-state index >= 15 is 0 Å². The Hall–Kier alpha value is -0.480. The van der Waals surface area contributed by atoms with Gasteiger partial charge in [0.2, 0.25) is 0 Å². The van der Waals surface area contributed by atoms with E-state index in [1.54, 1.807) is 18.7 Å². The van der Waals surface area contributed by atoms with Gasteiger partial charge in [0, 0.05) is 10.5 Å². The fraction of sp³-hybridized carbons (Fsp3) is 0.417. The molecule has 0 saturated carbocycles. The van der Waals surface area contributed by atoms with E-state index in [-0.39, 0.29) is 10.6 Å². The fourth-order valence-electron chi connectivity index (χ4n) is 1.44. The molecule has 0 aliphatic heterocycles. The molecule has 4 heteroatoms. The Morgan fingerprint density at radius 1 is 1.56 bits per heavy atom. The number of rotatable bonds is 5. The third kappa shape index (κ3) is 3.01. The Labute approximate surface area is 109 Å². The second kappa shape index (κ2) is 6.30. The zero-order chi connectivity index (χ0) is 12.1. The number of hydrogen-bond acceptors (Lipinski definition) is 3. The normalized spacial score (nSPS) is 12.2. The maximum Gasteiger partial charge on any atom is 0.148 e. The molecule has 0 bridgehead atoms. The molecule has 1 rings (SSSR count). The van der Waals surface area contributed by atoms with Crippen LogP contribution in [0.1, 0.15) is 24.2 Å². The molecular weight excluding hydrogens is 288 g/mol. The second-order valence-electron chi connectivity index (χ2n) is 3.28. The van der Waals surface area contributed by atoms with E-state index in [4.69, 9.17) is 4.74 Å². The summed E-state index contributed by atoms with van der Waals surface area (Å²) in [5, 5.41) is 0. The molecule has 1 aromatic carbocycles. The van der Waals surface area contributed by atoms with E-state index in [0.717, 1.165) is 16.2 Å². The number of benzene rings is 1. The third-order valence-electron chi connectivity index (χ3n) is 2.16. The summed E-state index contributed by atoms with van der Waals surface area (Å²) in [6, 6.07) is 5.84. The maximum absolute atomic E-state index is 11.5. The van der Waals surface area contributed by atoms with Crippen molar-refractivity contribution in [2.24, 2.45) is 0 Å². The monoisotopic (exact) mass is 302 g/mol. The van der Waals surface area contributed by atoms with Crippen LogP contribution < -0.4 is 4.74 Å². The van der Waals surface area contributed by atoms with Crippen molar-refractivity contribution in [3.63, 3.8) is 0 Å². The van der Waals surface area contributed by atoms with Crippen molar-refractivity contribution in [2.75, 3.05) is 12.9 Å². The number of ether oxygens (including phenoxy) is 1. The molecule has 0 radical (unpaired) electrons. The average Bonchev–Trinajstić information content (AvgIpc) is 2.28. The standard InChI is InChI=1S/C12H15BrO2S/c1-4-15-9-6-5-7-10(16-3)11(9)12(13)8(2)14/h5-7,12H,4H2,1-3H3. The second-order valence-corrected chi connectivity index (χ2v) is 5.04. The van der Waals surface area contributed by atoms with Crippen LogP contribution in [-0.4, -0.2) is 18.6 Å². The molecule has 0 fully saturated rings. The lowest BCUT2D eigenvalue weighted by atomic mass is 10.1. The van der Waals surface area contributed by atoms with Gasteiger partial charge in [-0.2, -0.15) is 0 Å². The fourth-order valence-corrected chi connectivity index (χ4v) is 2.71. The highest BCUT2D eigenvalue weighted by Crippen LogP contribution is 2.38. The summed E-state index contributed by atoms with van der Waals surface area (Å²) >= 11 is 5.04. The molecule has 0 saturated heterocycles. The molecule has 88 valence electrons.